The number of carbonyl (C=O) groups is 2. The fourth-order valence-corrected chi connectivity index (χ4v) is 2.41. The molecule has 2 aromatic rings. The molecule has 1 saturated heterocycles. The third-order valence-corrected chi connectivity index (χ3v) is 3.55. The van der Waals surface area contributed by atoms with Crippen molar-refractivity contribution in [3.05, 3.63) is 47.7 Å². The van der Waals surface area contributed by atoms with E-state index in [1.807, 2.05) is 36.4 Å². The van der Waals surface area contributed by atoms with E-state index in [1.54, 1.807) is 20.2 Å². The van der Waals surface area contributed by atoms with E-state index in [2.05, 4.69) is 5.32 Å². The van der Waals surface area contributed by atoms with Gasteiger partial charge < -0.3 is 4.74 Å². The number of methoxy groups -OCH3 is 1. The molecule has 1 aliphatic rings. The lowest BCUT2D eigenvalue weighted by Crippen LogP contribution is -2.24. The summed E-state index contributed by atoms with van der Waals surface area (Å²) in [6, 6.07) is 11.1. The molecule has 0 aliphatic carbocycles. The molecule has 5 nitrogen and oxygen atoms in total. The molecule has 21 heavy (non-hydrogen) atoms. The van der Waals surface area contributed by atoms with Gasteiger partial charge in [0.25, 0.3) is 5.91 Å². The molecule has 3 amide bonds. The molecule has 5 heteroatoms. The van der Waals surface area contributed by atoms with Crippen molar-refractivity contribution >= 4 is 28.8 Å². The number of fused-ring (bicyclic) bond motifs is 1. The van der Waals surface area contributed by atoms with Crippen LogP contribution in [0.25, 0.3) is 16.8 Å². The van der Waals surface area contributed by atoms with Gasteiger partial charge in [-0.05, 0) is 23.1 Å². The number of benzene rings is 2. The van der Waals surface area contributed by atoms with Gasteiger partial charge in [0.15, 0.2) is 0 Å². The van der Waals surface area contributed by atoms with Crippen LogP contribution in [0.15, 0.2) is 42.1 Å². The first-order valence-corrected chi connectivity index (χ1v) is 6.48. The largest absolute Gasteiger partial charge is 0.496 e. The molecular weight excluding hydrogens is 268 g/mol. The van der Waals surface area contributed by atoms with Gasteiger partial charge in [-0.3, -0.25) is 15.0 Å². The molecule has 2 aromatic carbocycles. The van der Waals surface area contributed by atoms with Gasteiger partial charge in [0.2, 0.25) is 0 Å². The lowest BCUT2D eigenvalue weighted by atomic mass is 10.0. The number of carbonyl (C=O) groups excluding carboxylic acids is 2. The van der Waals surface area contributed by atoms with Gasteiger partial charge in [-0.1, -0.05) is 30.3 Å². The molecule has 1 aliphatic heterocycles. The third-order valence-electron chi connectivity index (χ3n) is 3.55. The van der Waals surface area contributed by atoms with Crippen molar-refractivity contribution in [3.8, 4) is 5.75 Å². The van der Waals surface area contributed by atoms with Gasteiger partial charge >= 0.3 is 6.03 Å². The topological polar surface area (TPSA) is 58.6 Å². The number of ether oxygens (including phenoxy) is 1. The number of hydrogen-bond acceptors (Lipinski definition) is 3. The number of rotatable bonds is 2. The van der Waals surface area contributed by atoms with Crippen molar-refractivity contribution < 1.29 is 14.3 Å². The van der Waals surface area contributed by atoms with Crippen LogP contribution >= 0.6 is 0 Å². The molecule has 0 spiro atoms. The number of likely N-dealkylation sites (N-methyl/N-ethyl adjacent to an activating group) is 1. The molecule has 0 bridgehead atoms. The lowest BCUT2D eigenvalue weighted by molar-refractivity contribution is -0.115. The Morgan fingerprint density at radius 2 is 1.81 bits per heavy atom. The molecule has 1 fully saturated rings. The molecule has 0 unspecified atom stereocenters. The highest BCUT2D eigenvalue weighted by Crippen LogP contribution is 2.30. The SMILES string of the molecule is COc1ccc(C=C2C(=O)NC(=O)N2C)c2ccccc12. The van der Waals surface area contributed by atoms with Crippen LogP contribution in [0, 0.1) is 0 Å². The summed E-state index contributed by atoms with van der Waals surface area (Å²) in [5.74, 6) is 0.385. The molecule has 1 heterocycles. The van der Waals surface area contributed by atoms with Gasteiger partial charge in [-0.2, -0.15) is 0 Å². The Kier molecular flexibility index (Phi) is 3.10. The van der Waals surface area contributed by atoms with Crippen LogP contribution in [0.1, 0.15) is 5.56 Å². The van der Waals surface area contributed by atoms with Crippen molar-refractivity contribution in [3.63, 3.8) is 0 Å². The second kappa shape index (κ2) is 4.94. The van der Waals surface area contributed by atoms with Crippen LogP contribution in [0.5, 0.6) is 5.75 Å². The molecule has 106 valence electrons. The van der Waals surface area contributed by atoms with Gasteiger partial charge in [0, 0.05) is 12.4 Å². The maximum absolute atomic E-state index is 11.8. The summed E-state index contributed by atoms with van der Waals surface area (Å²) in [7, 11) is 3.19. The van der Waals surface area contributed by atoms with E-state index in [0.29, 0.717) is 5.70 Å². The Bertz CT molecular complexity index is 780. The maximum atomic E-state index is 11.8. The molecule has 1 N–H and O–H groups in total. The number of nitrogens with zero attached hydrogens (tertiary/aromatic N) is 1. The van der Waals surface area contributed by atoms with E-state index in [1.165, 1.54) is 4.90 Å². The number of imide groups is 1. The van der Waals surface area contributed by atoms with Crippen molar-refractivity contribution in [2.75, 3.05) is 14.2 Å². The zero-order chi connectivity index (χ0) is 15.0. The van der Waals surface area contributed by atoms with Crippen LogP contribution < -0.4 is 10.1 Å². The van der Waals surface area contributed by atoms with Crippen LogP contribution in [-0.2, 0) is 4.79 Å². The standard InChI is InChI=1S/C16H14N2O3/c1-18-13(15(19)17-16(18)20)9-10-7-8-14(21-2)12-6-4-3-5-11(10)12/h3-9H,1-2H3,(H,17,19,20). The van der Waals surface area contributed by atoms with E-state index in [-0.39, 0.29) is 5.91 Å². The molecule has 3 rings (SSSR count). The fourth-order valence-electron chi connectivity index (χ4n) is 2.41. The average molecular weight is 282 g/mol. The third kappa shape index (κ3) is 2.12. The highest BCUT2D eigenvalue weighted by Gasteiger charge is 2.29. The summed E-state index contributed by atoms with van der Waals surface area (Å²) in [6.07, 6.45) is 1.71. The fraction of sp³-hybridized carbons (Fsp3) is 0.125. The van der Waals surface area contributed by atoms with Crippen molar-refractivity contribution in [1.29, 1.82) is 0 Å². The minimum atomic E-state index is -0.413. The zero-order valence-corrected chi connectivity index (χ0v) is 11.7. The minimum Gasteiger partial charge on any atom is -0.496 e. The Balaban J connectivity index is 2.18. The molecule has 0 radical (unpaired) electrons. The number of hydrogen-bond donors (Lipinski definition) is 1. The number of nitrogens with one attached hydrogen (secondary N) is 1. The molecule has 0 atom stereocenters. The lowest BCUT2D eigenvalue weighted by Gasteiger charge is -2.10. The summed E-state index contributed by atoms with van der Waals surface area (Å²) in [6.45, 7) is 0. The van der Waals surface area contributed by atoms with Crippen molar-refractivity contribution in [1.82, 2.24) is 10.2 Å². The number of amides is 3. The van der Waals surface area contributed by atoms with Crippen molar-refractivity contribution in [2.45, 2.75) is 0 Å². The Hall–Kier alpha value is -2.82. The predicted octanol–water partition coefficient (Wildman–Crippen LogP) is 2.37. The van der Waals surface area contributed by atoms with E-state index >= 15 is 0 Å². The highest BCUT2D eigenvalue weighted by molar-refractivity contribution is 6.14. The Morgan fingerprint density at radius 1 is 1.10 bits per heavy atom. The second-order valence-corrected chi connectivity index (χ2v) is 4.75. The predicted molar refractivity (Wildman–Crippen MR) is 79.8 cm³/mol. The first-order chi connectivity index (χ1) is 10.1. The van der Waals surface area contributed by atoms with Gasteiger partial charge in [-0.15, -0.1) is 0 Å². The van der Waals surface area contributed by atoms with E-state index in [9.17, 15) is 9.59 Å². The summed E-state index contributed by atoms with van der Waals surface area (Å²) in [5.41, 5.74) is 1.19. The Labute approximate surface area is 121 Å². The summed E-state index contributed by atoms with van der Waals surface area (Å²) < 4.78 is 5.35. The van der Waals surface area contributed by atoms with Crippen LogP contribution in [0.3, 0.4) is 0 Å². The van der Waals surface area contributed by atoms with Crippen LogP contribution in [-0.4, -0.2) is 31.0 Å². The first kappa shape index (κ1) is 13.2. The van der Waals surface area contributed by atoms with E-state index < -0.39 is 6.03 Å². The summed E-state index contributed by atoms with van der Waals surface area (Å²) in [5, 5.41) is 4.19. The van der Waals surface area contributed by atoms with Crippen LogP contribution in [0.4, 0.5) is 4.79 Å². The van der Waals surface area contributed by atoms with Gasteiger partial charge in [0.1, 0.15) is 11.4 Å². The first-order valence-electron chi connectivity index (χ1n) is 6.48. The summed E-state index contributed by atoms with van der Waals surface area (Å²) >= 11 is 0. The summed E-state index contributed by atoms with van der Waals surface area (Å²) in [4.78, 5) is 24.6. The molecular formula is C16H14N2O3. The van der Waals surface area contributed by atoms with Gasteiger partial charge in [-0.25, -0.2) is 4.79 Å². The Morgan fingerprint density at radius 3 is 2.43 bits per heavy atom. The van der Waals surface area contributed by atoms with Gasteiger partial charge in [0.05, 0.1) is 7.11 Å². The quantitative estimate of drug-likeness (QED) is 0.679. The average Bonchev–Trinajstić information content (AvgIpc) is 2.74. The molecule has 0 aromatic heterocycles. The minimum absolute atomic E-state index is 0.329. The van der Waals surface area contributed by atoms with E-state index in [4.69, 9.17) is 4.74 Å². The number of urea groups is 1. The second-order valence-electron chi connectivity index (χ2n) is 4.75. The van der Waals surface area contributed by atoms with E-state index in [0.717, 1.165) is 22.1 Å². The highest BCUT2D eigenvalue weighted by atomic mass is 16.5. The smallest absolute Gasteiger partial charge is 0.328 e. The van der Waals surface area contributed by atoms with Crippen molar-refractivity contribution in [2.24, 2.45) is 0 Å². The van der Waals surface area contributed by atoms with Crippen LogP contribution in [0.2, 0.25) is 0 Å². The monoisotopic (exact) mass is 282 g/mol. The molecule has 0 saturated carbocycles. The zero-order valence-electron chi connectivity index (χ0n) is 11.7. The maximum Gasteiger partial charge on any atom is 0.328 e. The normalized spacial score (nSPS) is 16.7.